The molecule has 0 saturated heterocycles. The Morgan fingerprint density at radius 2 is 1.07 bits per heavy atom. The maximum atomic E-state index is 14.4. The highest BCUT2D eigenvalue weighted by atomic mass is 19.4. The number of nitrogens with zero attached hydrogens (tertiary/aromatic N) is 8. The minimum atomic E-state index is -4.42. The number of hydrogen-bond acceptors (Lipinski definition) is 14. The fourth-order valence-electron chi connectivity index (χ4n) is 6.95. The van der Waals surface area contributed by atoms with E-state index < -0.39 is 35.1 Å². The van der Waals surface area contributed by atoms with E-state index in [-0.39, 0.29) is 36.4 Å². The van der Waals surface area contributed by atoms with Gasteiger partial charge in [0.2, 0.25) is 11.9 Å². The summed E-state index contributed by atoms with van der Waals surface area (Å²) in [5.41, 5.74) is 10.00. The number of carbonyl (C=O) groups excluding carboxylic acids is 1. The number of alkyl halides is 6. The summed E-state index contributed by atoms with van der Waals surface area (Å²) in [6.07, 6.45) is 8.29. The van der Waals surface area contributed by atoms with E-state index in [4.69, 9.17) is 5.84 Å². The molecule has 74 heavy (non-hydrogen) atoms. The van der Waals surface area contributed by atoms with Crippen molar-refractivity contribution in [2.75, 3.05) is 21.5 Å². The molecule has 0 atom stereocenters. The predicted molar refractivity (Wildman–Crippen MR) is 266 cm³/mol. The first-order valence-corrected chi connectivity index (χ1v) is 22.2. The van der Waals surface area contributed by atoms with Gasteiger partial charge in [0.25, 0.3) is 0 Å². The van der Waals surface area contributed by atoms with Crippen LogP contribution in [0.3, 0.4) is 0 Å². The van der Waals surface area contributed by atoms with Crippen LogP contribution in [0.25, 0.3) is 22.5 Å². The van der Waals surface area contributed by atoms with Gasteiger partial charge in [0.15, 0.2) is 11.6 Å². The molecule has 10 rings (SSSR count). The van der Waals surface area contributed by atoms with Gasteiger partial charge in [-0.25, -0.2) is 40.0 Å². The molecule has 3 aromatic carbocycles. The second-order valence-electron chi connectivity index (χ2n) is 16.5. The van der Waals surface area contributed by atoms with Crippen molar-refractivity contribution in [2.24, 2.45) is 10.9 Å². The van der Waals surface area contributed by atoms with Crippen LogP contribution in [0.4, 0.5) is 69.8 Å². The highest BCUT2D eigenvalue weighted by Crippen LogP contribution is 2.42. The van der Waals surface area contributed by atoms with Crippen molar-refractivity contribution < 1.29 is 39.9 Å². The molecule has 0 spiro atoms. The summed E-state index contributed by atoms with van der Waals surface area (Å²) in [6, 6.07) is 23.4. The Kier molecular flexibility index (Phi) is 16.9. The van der Waals surface area contributed by atoms with Crippen molar-refractivity contribution in [1.82, 2.24) is 34.9 Å². The highest BCUT2D eigenvalue weighted by Gasteiger charge is 2.31. The van der Waals surface area contributed by atoms with Gasteiger partial charge >= 0.3 is 12.4 Å². The smallest absolute Gasteiger partial charge is 0.356 e. The molecule has 0 amide bonds. The van der Waals surface area contributed by atoms with Crippen molar-refractivity contribution in [3.8, 4) is 22.5 Å². The number of benzene rings is 3. The quantitative estimate of drug-likeness (QED) is 0.0241. The zero-order valence-corrected chi connectivity index (χ0v) is 38.0. The number of hydrogen-bond donors (Lipinski definition) is 5. The van der Waals surface area contributed by atoms with Crippen molar-refractivity contribution in [1.29, 1.82) is 0 Å². The van der Waals surface area contributed by atoms with Crippen LogP contribution < -0.4 is 27.3 Å². The molecule has 0 bridgehead atoms. The lowest BCUT2D eigenvalue weighted by Gasteiger charge is -2.10. The molecule has 5 aromatic heterocycles. The summed E-state index contributed by atoms with van der Waals surface area (Å²) in [5, 5.41) is 9.77. The summed E-state index contributed by atoms with van der Waals surface area (Å²) in [5.74, 6) is 5.50. The number of aldehydes is 1. The molecule has 5 heterocycles. The van der Waals surface area contributed by atoms with Gasteiger partial charge in [0.05, 0.1) is 47.3 Å². The molecular weight excluding hydrogens is 975 g/mol. The minimum absolute atomic E-state index is 0. The Morgan fingerprint density at radius 3 is 1.54 bits per heavy atom. The van der Waals surface area contributed by atoms with E-state index in [1.165, 1.54) is 43.5 Å². The van der Waals surface area contributed by atoms with E-state index in [1.807, 2.05) is 18.3 Å². The molecule has 2 fully saturated rings. The van der Waals surface area contributed by atoms with E-state index in [0.717, 1.165) is 60.6 Å². The Labute approximate surface area is 418 Å². The van der Waals surface area contributed by atoms with E-state index >= 15 is 0 Å². The summed E-state index contributed by atoms with van der Waals surface area (Å²) in [7, 11) is 0. The van der Waals surface area contributed by atoms with Crippen molar-refractivity contribution in [2.45, 2.75) is 57.3 Å². The normalized spacial score (nSPS) is 13.0. The topological polar surface area (TPSA) is 194 Å². The van der Waals surface area contributed by atoms with Gasteiger partial charge in [0, 0.05) is 58.5 Å². The number of aromatic nitrogens is 7. The van der Waals surface area contributed by atoms with Gasteiger partial charge in [-0.2, -0.15) is 31.4 Å². The predicted octanol–water partition coefficient (Wildman–Crippen LogP) is 12.9. The van der Waals surface area contributed by atoms with Crippen molar-refractivity contribution >= 4 is 47.1 Å². The Bertz CT molecular complexity index is 3200. The fraction of sp³-hybridized carbons (Fsp3) is 0.173. The number of halogens is 8. The van der Waals surface area contributed by atoms with Gasteiger partial charge in [-0.1, -0.05) is 19.6 Å². The summed E-state index contributed by atoms with van der Waals surface area (Å²) >= 11 is 0. The first-order chi connectivity index (χ1) is 35.1. The number of anilines is 6. The monoisotopic (exact) mass is 1020 g/mol. The number of carbonyl (C=O) groups is 1. The van der Waals surface area contributed by atoms with Gasteiger partial charge < -0.3 is 10.6 Å². The molecule has 8 aromatic rings. The van der Waals surface area contributed by atoms with E-state index in [1.54, 1.807) is 61.1 Å². The second kappa shape index (κ2) is 23.6. The number of nitrogens with two attached hydrogens (primary N) is 1. The SMILES string of the molecule is C.Fc1cnc(N/N=C/c2ccc(Nc3cccc(C(F)(F)F)c3)cn2)nc1-c1cncc(C2CC2)c1.NNc1ncc(F)c(-c2cncc(C3CC3)c2)n1.O=Cc1ccc(Nc2cccc(C(F)(F)F)c2)cc1. The Balaban J connectivity index is 0.000000177. The zero-order valence-electron chi connectivity index (χ0n) is 38.0. The molecule has 2 aliphatic carbocycles. The lowest BCUT2D eigenvalue weighted by molar-refractivity contribution is -0.138. The zero-order chi connectivity index (χ0) is 51.5. The molecule has 0 aliphatic heterocycles. The third kappa shape index (κ3) is 14.7. The summed E-state index contributed by atoms with van der Waals surface area (Å²) in [6.45, 7) is 0. The van der Waals surface area contributed by atoms with Gasteiger partial charge in [-0.05, 0) is 134 Å². The lowest BCUT2D eigenvalue weighted by Crippen LogP contribution is -2.11. The Hall–Kier alpha value is -8.79. The molecule has 2 saturated carbocycles. The van der Waals surface area contributed by atoms with Crippen molar-refractivity contribution in [3.05, 3.63) is 186 Å². The van der Waals surface area contributed by atoms with Gasteiger partial charge in [-0.3, -0.25) is 25.2 Å². The lowest BCUT2D eigenvalue weighted by atomic mass is 10.1. The molecule has 380 valence electrons. The van der Waals surface area contributed by atoms with Crippen LogP contribution >= 0.6 is 0 Å². The Morgan fingerprint density at radius 1 is 0.568 bits per heavy atom. The van der Waals surface area contributed by atoms with E-state index in [2.05, 4.69) is 61.5 Å². The van der Waals surface area contributed by atoms with Crippen LogP contribution in [-0.4, -0.2) is 47.4 Å². The number of nitrogen functional groups attached to an aromatic ring is 1. The van der Waals surface area contributed by atoms with Crippen LogP contribution in [0, 0.1) is 11.6 Å². The van der Waals surface area contributed by atoms with Crippen LogP contribution in [-0.2, 0) is 12.4 Å². The van der Waals surface area contributed by atoms with E-state index in [0.29, 0.717) is 57.6 Å². The maximum absolute atomic E-state index is 14.4. The average molecular weight is 1020 g/mol. The first-order valence-electron chi connectivity index (χ1n) is 22.2. The fourth-order valence-corrected chi connectivity index (χ4v) is 6.95. The maximum Gasteiger partial charge on any atom is 0.416 e. The first kappa shape index (κ1) is 53.0. The number of pyridine rings is 3. The number of rotatable bonds is 13. The molecular formula is C52H45F8N13O. The molecule has 0 unspecified atom stereocenters. The number of hydrazone groups is 1. The van der Waals surface area contributed by atoms with Crippen molar-refractivity contribution in [3.63, 3.8) is 0 Å². The molecule has 2 aliphatic rings. The molecule has 22 heteroatoms. The van der Waals surface area contributed by atoms with Crippen LogP contribution in [0.2, 0.25) is 0 Å². The van der Waals surface area contributed by atoms with Crippen LogP contribution in [0.5, 0.6) is 0 Å². The summed E-state index contributed by atoms with van der Waals surface area (Å²) in [4.78, 5) is 38.9. The van der Waals surface area contributed by atoms with Crippen LogP contribution in [0.1, 0.15) is 83.3 Å². The summed E-state index contributed by atoms with van der Waals surface area (Å²) < 4.78 is 104. The van der Waals surface area contributed by atoms with Crippen LogP contribution in [0.15, 0.2) is 146 Å². The minimum Gasteiger partial charge on any atom is -0.356 e. The molecule has 0 radical (unpaired) electrons. The third-order valence-corrected chi connectivity index (χ3v) is 10.9. The second-order valence-corrected chi connectivity index (χ2v) is 16.5. The standard InChI is InChI=1S/C25H19F4N7.C14H10F3NO.C12H12FN5.CH4/c26-22-14-32-24(35-23(22)17-8-16(10-30-11-17)15-4-5-15)36-33-13-20-6-7-21(12-31-20)34-19-3-1-2-18(9-19)25(27,28)29;15-14(16,17)11-2-1-3-13(8-11)18-12-6-4-10(9-19)5-7-12;13-10-6-16-12(18-14)17-11(10)9-3-8(4-15-5-9)7-1-2-7;/h1-3,6-15,34H,4-5H2,(H,32,35,36);1-9,18H;3-7H,1-2,14H2,(H,16,17,18);1H4/b33-13+;;;. The molecule has 14 nitrogen and oxygen atoms in total. The number of nitrogens with one attached hydrogen (secondary N) is 4. The molecule has 6 N–H and O–H groups in total. The van der Waals surface area contributed by atoms with Gasteiger partial charge in [-0.15, -0.1) is 0 Å². The van der Waals surface area contributed by atoms with Gasteiger partial charge in [0.1, 0.15) is 17.7 Å². The van der Waals surface area contributed by atoms with E-state index in [9.17, 15) is 39.9 Å². The largest absolute Gasteiger partial charge is 0.416 e. The average Bonchev–Trinajstić information content (AvgIpc) is 4.34. The highest BCUT2D eigenvalue weighted by molar-refractivity contribution is 5.78. The third-order valence-electron chi connectivity index (χ3n) is 10.9. The number of hydrazine groups is 1.